The molecule has 6 nitrogen and oxygen atoms in total. The van der Waals surface area contributed by atoms with Crippen LogP contribution in [0.25, 0.3) is 16.6 Å². The minimum absolute atomic E-state index is 0.172. The van der Waals surface area contributed by atoms with Crippen LogP contribution >= 0.6 is 0 Å². The summed E-state index contributed by atoms with van der Waals surface area (Å²) in [6.45, 7) is 3.58. The summed E-state index contributed by atoms with van der Waals surface area (Å²) in [5.41, 5.74) is 6.21. The van der Waals surface area contributed by atoms with Gasteiger partial charge in [-0.2, -0.15) is 0 Å². The zero-order valence-corrected chi connectivity index (χ0v) is 18.4. The summed E-state index contributed by atoms with van der Waals surface area (Å²) in [6.07, 6.45) is 8.06. The fourth-order valence-corrected chi connectivity index (χ4v) is 5.42. The predicted octanol–water partition coefficient (Wildman–Crippen LogP) is 4.48. The molecule has 1 aliphatic carbocycles. The number of benzene rings is 1. The highest BCUT2D eigenvalue weighted by Crippen LogP contribution is 2.33. The third-order valence-corrected chi connectivity index (χ3v) is 7.12. The van der Waals surface area contributed by atoms with E-state index in [9.17, 15) is 4.79 Å². The second-order valence-electron chi connectivity index (χ2n) is 9.19. The molecule has 0 bridgehead atoms. The molecule has 0 saturated carbocycles. The highest BCUT2D eigenvalue weighted by Gasteiger charge is 2.30. The number of piperidine rings is 1. The van der Waals surface area contributed by atoms with Crippen LogP contribution in [0.2, 0.25) is 0 Å². The summed E-state index contributed by atoms with van der Waals surface area (Å²) in [4.78, 5) is 20.8. The molecule has 0 N–H and O–H groups in total. The second kappa shape index (κ2) is 7.69. The Morgan fingerprint density at radius 1 is 1.03 bits per heavy atom. The van der Waals surface area contributed by atoms with Crippen LogP contribution in [0.5, 0.6) is 0 Å². The topological polar surface area (TPSA) is 63.4 Å². The average Bonchev–Trinajstić information content (AvgIpc) is 3.26. The van der Waals surface area contributed by atoms with Crippen molar-refractivity contribution in [3.05, 3.63) is 70.8 Å². The molecule has 0 radical (unpaired) electrons. The molecule has 1 aliphatic heterocycles. The fourth-order valence-electron chi connectivity index (χ4n) is 5.42. The second-order valence-corrected chi connectivity index (χ2v) is 9.19. The summed E-state index contributed by atoms with van der Waals surface area (Å²) < 4.78 is 2.08. The van der Waals surface area contributed by atoms with E-state index in [0.29, 0.717) is 5.92 Å². The summed E-state index contributed by atoms with van der Waals surface area (Å²) in [7, 11) is 0. The molecule has 6 heteroatoms. The van der Waals surface area contributed by atoms with E-state index in [1.54, 1.807) is 0 Å². The minimum atomic E-state index is 0.172. The van der Waals surface area contributed by atoms with Gasteiger partial charge in [0.15, 0.2) is 5.65 Å². The molecule has 2 aliphatic rings. The molecule has 1 aromatic carbocycles. The van der Waals surface area contributed by atoms with Gasteiger partial charge in [-0.05, 0) is 75.3 Å². The molecule has 6 rings (SSSR count). The largest absolute Gasteiger partial charge is 0.339 e. The first-order valence-electron chi connectivity index (χ1n) is 11.7. The van der Waals surface area contributed by atoms with Crippen molar-refractivity contribution in [3.63, 3.8) is 0 Å². The van der Waals surface area contributed by atoms with E-state index in [0.717, 1.165) is 85.2 Å². The van der Waals surface area contributed by atoms with Crippen LogP contribution in [0.3, 0.4) is 0 Å². The minimum Gasteiger partial charge on any atom is -0.339 e. The lowest BCUT2D eigenvalue weighted by atomic mass is 9.88. The molecule has 32 heavy (non-hydrogen) atoms. The molecule has 0 atom stereocenters. The number of likely N-dealkylation sites (tertiary alicyclic amines) is 1. The van der Waals surface area contributed by atoms with E-state index in [1.807, 2.05) is 29.3 Å². The Labute approximate surface area is 187 Å². The van der Waals surface area contributed by atoms with Gasteiger partial charge >= 0.3 is 0 Å². The van der Waals surface area contributed by atoms with Gasteiger partial charge in [0.05, 0.1) is 11.1 Å². The standard InChI is InChI=1S/C26H27N5O/c1-17-9-10-22-20(16-17)24(19-6-2-3-7-21(19)27-22)26(32)30-14-11-18(12-15-30)25-29-28-23-8-4-5-13-31(23)25/h4-5,8-10,13,16,18H,2-3,6-7,11-12,14-15H2,1H3. The third-order valence-electron chi connectivity index (χ3n) is 7.12. The van der Waals surface area contributed by atoms with Gasteiger partial charge in [-0.25, -0.2) is 0 Å². The maximum Gasteiger partial charge on any atom is 0.254 e. The summed E-state index contributed by atoms with van der Waals surface area (Å²) in [6, 6.07) is 12.3. The Morgan fingerprint density at radius 3 is 2.75 bits per heavy atom. The zero-order chi connectivity index (χ0) is 21.7. The Morgan fingerprint density at radius 2 is 1.88 bits per heavy atom. The Kier molecular flexibility index (Phi) is 4.67. The van der Waals surface area contributed by atoms with Gasteiger partial charge in [0.25, 0.3) is 5.91 Å². The number of pyridine rings is 2. The number of amides is 1. The van der Waals surface area contributed by atoms with Crippen molar-refractivity contribution in [1.82, 2.24) is 24.5 Å². The Hall–Kier alpha value is -3.28. The molecule has 4 heterocycles. The number of rotatable bonds is 2. The Balaban J connectivity index is 1.31. The van der Waals surface area contributed by atoms with Crippen molar-refractivity contribution in [2.24, 2.45) is 0 Å². The van der Waals surface area contributed by atoms with E-state index in [4.69, 9.17) is 4.98 Å². The lowest BCUT2D eigenvalue weighted by Crippen LogP contribution is -2.39. The van der Waals surface area contributed by atoms with Crippen LogP contribution < -0.4 is 0 Å². The van der Waals surface area contributed by atoms with Crippen molar-refractivity contribution in [2.75, 3.05) is 13.1 Å². The predicted molar refractivity (Wildman–Crippen MR) is 124 cm³/mol. The van der Waals surface area contributed by atoms with Crippen LogP contribution in [-0.4, -0.2) is 43.5 Å². The number of carbonyl (C=O) groups is 1. The van der Waals surface area contributed by atoms with E-state index in [2.05, 4.69) is 39.7 Å². The number of aromatic nitrogens is 4. The summed E-state index contributed by atoms with van der Waals surface area (Å²) in [5, 5.41) is 9.78. The van der Waals surface area contributed by atoms with Gasteiger partial charge < -0.3 is 4.90 Å². The lowest BCUT2D eigenvalue weighted by Gasteiger charge is -2.32. The number of aryl methyl sites for hydroxylation is 2. The van der Waals surface area contributed by atoms with Crippen LogP contribution in [-0.2, 0) is 12.8 Å². The number of carbonyl (C=O) groups excluding carboxylic acids is 1. The SMILES string of the molecule is Cc1ccc2nc3c(c(C(=O)N4CCC(c5nnc6ccccn56)CC4)c2c1)CCCC3. The highest BCUT2D eigenvalue weighted by molar-refractivity contribution is 6.08. The van der Waals surface area contributed by atoms with Crippen molar-refractivity contribution >= 4 is 22.5 Å². The van der Waals surface area contributed by atoms with Crippen LogP contribution in [0, 0.1) is 6.92 Å². The summed E-state index contributed by atoms with van der Waals surface area (Å²) >= 11 is 0. The maximum absolute atomic E-state index is 13.9. The lowest BCUT2D eigenvalue weighted by molar-refractivity contribution is 0.0711. The molecule has 162 valence electrons. The van der Waals surface area contributed by atoms with Crippen molar-refractivity contribution < 1.29 is 4.79 Å². The first-order valence-corrected chi connectivity index (χ1v) is 11.7. The van der Waals surface area contributed by atoms with Gasteiger partial charge in [0.1, 0.15) is 5.82 Å². The van der Waals surface area contributed by atoms with Gasteiger partial charge in [0.2, 0.25) is 0 Å². The van der Waals surface area contributed by atoms with Gasteiger partial charge in [0, 0.05) is 36.3 Å². The Bertz CT molecular complexity index is 1330. The zero-order valence-electron chi connectivity index (χ0n) is 18.4. The van der Waals surface area contributed by atoms with Gasteiger partial charge in [-0.3, -0.25) is 14.2 Å². The number of fused-ring (bicyclic) bond motifs is 3. The molecule has 4 aromatic rings. The molecule has 1 fully saturated rings. The van der Waals surface area contributed by atoms with E-state index in [1.165, 1.54) is 11.1 Å². The molecule has 0 spiro atoms. The van der Waals surface area contributed by atoms with E-state index < -0.39 is 0 Å². The quantitative estimate of drug-likeness (QED) is 0.475. The third kappa shape index (κ3) is 3.17. The monoisotopic (exact) mass is 425 g/mol. The van der Waals surface area contributed by atoms with Crippen molar-refractivity contribution in [2.45, 2.75) is 51.4 Å². The van der Waals surface area contributed by atoms with E-state index >= 15 is 0 Å². The van der Waals surface area contributed by atoms with Crippen LogP contribution in [0.1, 0.15) is 64.6 Å². The highest BCUT2D eigenvalue weighted by atomic mass is 16.2. The summed E-state index contributed by atoms with van der Waals surface area (Å²) in [5.74, 6) is 1.50. The van der Waals surface area contributed by atoms with Gasteiger partial charge in [-0.1, -0.05) is 17.7 Å². The molecular formula is C26H27N5O. The number of nitrogens with zero attached hydrogens (tertiary/aromatic N) is 5. The van der Waals surface area contributed by atoms with Gasteiger partial charge in [-0.15, -0.1) is 10.2 Å². The number of hydrogen-bond donors (Lipinski definition) is 0. The molecule has 3 aromatic heterocycles. The average molecular weight is 426 g/mol. The molecular weight excluding hydrogens is 398 g/mol. The number of hydrogen-bond acceptors (Lipinski definition) is 4. The first kappa shape index (κ1) is 19.4. The van der Waals surface area contributed by atoms with Crippen molar-refractivity contribution in [3.8, 4) is 0 Å². The smallest absolute Gasteiger partial charge is 0.254 e. The van der Waals surface area contributed by atoms with Crippen molar-refractivity contribution in [1.29, 1.82) is 0 Å². The molecule has 1 saturated heterocycles. The fraction of sp³-hybridized carbons (Fsp3) is 0.385. The van der Waals surface area contributed by atoms with E-state index in [-0.39, 0.29) is 5.91 Å². The molecule has 1 amide bonds. The molecule has 0 unspecified atom stereocenters. The van der Waals surface area contributed by atoms with Crippen LogP contribution in [0.15, 0.2) is 42.6 Å². The maximum atomic E-state index is 13.9. The normalized spacial score (nSPS) is 17.1. The van der Waals surface area contributed by atoms with Crippen LogP contribution in [0.4, 0.5) is 0 Å². The first-order chi connectivity index (χ1) is 15.7.